The normalized spacial score (nSPS) is 11.5. The van der Waals surface area contributed by atoms with Crippen LogP contribution in [0.5, 0.6) is 5.75 Å². The number of nitrogens with one attached hydrogen (secondary N) is 1. The number of imidazole rings is 1. The lowest BCUT2D eigenvalue weighted by atomic mass is 10.0. The quantitative estimate of drug-likeness (QED) is 0.225. The second kappa shape index (κ2) is 12.7. The van der Waals surface area contributed by atoms with Crippen LogP contribution in [-0.2, 0) is 16.1 Å². The van der Waals surface area contributed by atoms with Gasteiger partial charge in [0.25, 0.3) is 0 Å². The molecule has 0 atom stereocenters. The molecule has 1 N–H and O–H groups in total. The molecule has 0 radical (unpaired) electrons. The number of benzene rings is 2. The summed E-state index contributed by atoms with van der Waals surface area (Å²) in [5.41, 5.74) is 4.20. The first-order chi connectivity index (χ1) is 16.5. The molecule has 0 saturated carbocycles. The van der Waals surface area contributed by atoms with E-state index in [0.29, 0.717) is 30.9 Å². The molecule has 0 unspecified atom stereocenters. The largest absolute Gasteiger partial charge is 0.495 e. The zero-order valence-electron chi connectivity index (χ0n) is 20.0. The molecule has 3 aromatic rings. The number of methoxy groups -OCH3 is 1. The second-order valence-corrected chi connectivity index (χ2v) is 8.01. The summed E-state index contributed by atoms with van der Waals surface area (Å²) >= 11 is 0. The van der Waals surface area contributed by atoms with Crippen molar-refractivity contribution in [3.05, 3.63) is 83.2 Å². The smallest absolute Gasteiger partial charge is 0.334 e. The van der Waals surface area contributed by atoms with Gasteiger partial charge in [-0.05, 0) is 81.1 Å². The van der Waals surface area contributed by atoms with Gasteiger partial charge in [0.05, 0.1) is 31.4 Å². The topological polar surface area (TPSA) is 65.4 Å². The highest BCUT2D eigenvalue weighted by atomic mass is 19.1. The number of halogens is 1. The molecule has 1 aromatic heterocycles. The van der Waals surface area contributed by atoms with E-state index in [1.807, 2.05) is 48.0 Å². The van der Waals surface area contributed by atoms with E-state index in [1.165, 1.54) is 12.1 Å². The van der Waals surface area contributed by atoms with Crippen LogP contribution in [0.1, 0.15) is 43.0 Å². The van der Waals surface area contributed by atoms with Crippen molar-refractivity contribution in [1.82, 2.24) is 14.9 Å². The summed E-state index contributed by atoms with van der Waals surface area (Å²) < 4.78 is 26.0. The molecule has 34 heavy (non-hydrogen) atoms. The van der Waals surface area contributed by atoms with Crippen LogP contribution in [0.2, 0.25) is 0 Å². The Hall–Kier alpha value is -3.45. The van der Waals surface area contributed by atoms with Crippen molar-refractivity contribution in [3.63, 3.8) is 0 Å². The number of ether oxygens (including phenoxy) is 2. The van der Waals surface area contributed by atoms with Crippen molar-refractivity contribution in [2.75, 3.05) is 20.3 Å². The van der Waals surface area contributed by atoms with E-state index in [2.05, 4.69) is 10.3 Å². The molecule has 0 fully saturated rings. The predicted octanol–water partition coefficient (Wildman–Crippen LogP) is 5.24. The lowest BCUT2D eigenvalue weighted by Crippen LogP contribution is -2.15. The standard InChI is InChI=1S/C27H32FN3O3/c1-4-34-27(32)23(9-5-6-13-29-17-22-8-7-10-24(28)15-22)14-21-11-12-25(26(16-21)33-3)31-18-20(2)30-19-31/h7-8,10-12,14-16,18-19,29H,4-6,9,13,17H2,1-3H3/b23-14-. The molecule has 2 aromatic carbocycles. The first-order valence-corrected chi connectivity index (χ1v) is 11.5. The van der Waals surface area contributed by atoms with Crippen LogP contribution in [0, 0.1) is 12.7 Å². The molecular weight excluding hydrogens is 433 g/mol. The van der Waals surface area contributed by atoms with Crippen LogP contribution in [-0.4, -0.2) is 35.8 Å². The monoisotopic (exact) mass is 465 g/mol. The average Bonchev–Trinajstić information content (AvgIpc) is 3.26. The number of unbranched alkanes of at least 4 members (excludes halogenated alkanes) is 1. The Bertz CT molecular complexity index is 1120. The fraction of sp³-hybridized carbons (Fsp3) is 0.333. The van der Waals surface area contributed by atoms with E-state index in [1.54, 1.807) is 26.4 Å². The van der Waals surface area contributed by atoms with Gasteiger partial charge in [-0.2, -0.15) is 0 Å². The predicted molar refractivity (Wildman–Crippen MR) is 131 cm³/mol. The van der Waals surface area contributed by atoms with E-state index < -0.39 is 0 Å². The molecule has 0 bridgehead atoms. The van der Waals surface area contributed by atoms with Gasteiger partial charge in [0.2, 0.25) is 0 Å². The van der Waals surface area contributed by atoms with E-state index in [0.717, 1.165) is 41.9 Å². The minimum Gasteiger partial charge on any atom is -0.495 e. The van der Waals surface area contributed by atoms with Gasteiger partial charge in [-0.15, -0.1) is 0 Å². The van der Waals surface area contributed by atoms with E-state index in [9.17, 15) is 9.18 Å². The molecule has 3 rings (SSSR count). The second-order valence-electron chi connectivity index (χ2n) is 8.01. The van der Waals surface area contributed by atoms with Gasteiger partial charge in [0, 0.05) is 18.3 Å². The zero-order valence-corrected chi connectivity index (χ0v) is 20.0. The fourth-order valence-corrected chi connectivity index (χ4v) is 3.65. The number of nitrogens with zero attached hydrogens (tertiary/aromatic N) is 2. The molecule has 0 spiro atoms. The first kappa shape index (κ1) is 25.2. The number of carbonyl (C=O) groups excluding carboxylic acids is 1. The van der Waals surface area contributed by atoms with Crippen LogP contribution < -0.4 is 10.1 Å². The van der Waals surface area contributed by atoms with Crippen LogP contribution in [0.4, 0.5) is 4.39 Å². The molecule has 7 heteroatoms. The van der Waals surface area contributed by atoms with Crippen molar-refractivity contribution in [1.29, 1.82) is 0 Å². The Morgan fingerprint density at radius 1 is 1.21 bits per heavy atom. The highest BCUT2D eigenvalue weighted by Crippen LogP contribution is 2.26. The number of aromatic nitrogens is 2. The first-order valence-electron chi connectivity index (χ1n) is 11.5. The van der Waals surface area contributed by atoms with Gasteiger partial charge >= 0.3 is 5.97 Å². The van der Waals surface area contributed by atoms with Gasteiger partial charge in [-0.3, -0.25) is 0 Å². The Morgan fingerprint density at radius 2 is 2.06 bits per heavy atom. The summed E-state index contributed by atoms with van der Waals surface area (Å²) in [5.74, 6) is 0.160. The summed E-state index contributed by atoms with van der Waals surface area (Å²) in [6, 6.07) is 12.4. The lowest BCUT2D eigenvalue weighted by Gasteiger charge is -2.11. The van der Waals surface area contributed by atoms with Crippen molar-refractivity contribution >= 4 is 12.0 Å². The molecule has 180 valence electrons. The third kappa shape index (κ3) is 7.28. The van der Waals surface area contributed by atoms with Gasteiger partial charge in [-0.1, -0.05) is 18.2 Å². The number of rotatable bonds is 12. The molecule has 0 saturated heterocycles. The highest BCUT2D eigenvalue weighted by Gasteiger charge is 2.12. The minimum absolute atomic E-state index is 0.228. The Labute approximate surface area is 200 Å². The maximum Gasteiger partial charge on any atom is 0.334 e. The SMILES string of the molecule is CCOC(=O)/C(=C\c1ccc(-n2cnc(C)c2)c(OC)c1)CCCCNCc1cccc(F)c1. The maximum atomic E-state index is 13.3. The lowest BCUT2D eigenvalue weighted by molar-refractivity contribution is -0.138. The van der Waals surface area contributed by atoms with Crippen LogP contribution >= 0.6 is 0 Å². The third-order valence-electron chi connectivity index (χ3n) is 5.34. The molecule has 0 amide bonds. The average molecular weight is 466 g/mol. The van der Waals surface area contributed by atoms with E-state index in [-0.39, 0.29) is 11.8 Å². The van der Waals surface area contributed by atoms with Gasteiger partial charge in [-0.25, -0.2) is 14.2 Å². The van der Waals surface area contributed by atoms with Crippen LogP contribution in [0.3, 0.4) is 0 Å². The van der Waals surface area contributed by atoms with E-state index in [4.69, 9.17) is 9.47 Å². The molecule has 0 aliphatic rings. The molecular formula is C27H32FN3O3. The van der Waals surface area contributed by atoms with Crippen molar-refractivity contribution in [3.8, 4) is 11.4 Å². The number of carbonyl (C=O) groups is 1. The van der Waals surface area contributed by atoms with Gasteiger partial charge < -0.3 is 19.4 Å². The van der Waals surface area contributed by atoms with E-state index >= 15 is 0 Å². The molecule has 1 heterocycles. The highest BCUT2D eigenvalue weighted by molar-refractivity contribution is 5.93. The Morgan fingerprint density at radius 3 is 2.76 bits per heavy atom. The number of hydrogen-bond acceptors (Lipinski definition) is 5. The maximum absolute atomic E-state index is 13.3. The summed E-state index contributed by atoms with van der Waals surface area (Å²) in [7, 11) is 1.62. The van der Waals surface area contributed by atoms with Crippen LogP contribution in [0.15, 0.2) is 60.6 Å². The van der Waals surface area contributed by atoms with Gasteiger partial charge in [0.1, 0.15) is 11.6 Å². The molecule has 0 aliphatic carbocycles. The third-order valence-corrected chi connectivity index (χ3v) is 5.34. The zero-order chi connectivity index (χ0) is 24.3. The van der Waals surface area contributed by atoms with Crippen molar-refractivity contribution in [2.24, 2.45) is 0 Å². The number of aryl methyl sites for hydroxylation is 1. The number of hydrogen-bond donors (Lipinski definition) is 1. The van der Waals surface area contributed by atoms with Crippen molar-refractivity contribution in [2.45, 2.75) is 39.7 Å². The number of esters is 1. The molecule has 0 aliphatic heterocycles. The van der Waals surface area contributed by atoms with Crippen LogP contribution in [0.25, 0.3) is 11.8 Å². The summed E-state index contributed by atoms with van der Waals surface area (Å²) in [5, 5.41) is 3.32. The van der Waals surface area contributed by atoms with Crippen molar-refractivity contribution < 1.29 is 18.7 Å². The van der Waals surface area contributed by atoms with Gasteiger partial charge in [0.15, 0.2) is 0 Å². The fourth-order valence-electron chi connectivity index (χ4n) is 3.65. The summed E-state index contributed by atoms with van der Waals surface area (Å²) in [6.07, 6.45) is 7.85. The Balaban J connectivity index is 1.62. The minimum atomic E-state index is -0.302. The summed E-state index contributed by atoms with van der Waals surface area (Å²) in [6.45, 7) is 5.45. The molecule has 6 nitrogen and oxygen atoms in total. The summed E-state index contributed by atoms with van der Waals surface area (Å²) in [4.78, 5) is 16.8. The Kier molecular flexibility index (Phi) is 9.40.